The molecule has 1 atom stereocenters. The van der Waals surface area contributed by atoms with Crippen LogP contribution in [0, 0.1) is 10.1 Å². The van der Waals surface area contributed by atoms with Crippen molar-refractivity contribution in [2.45, 2.75) is 12.6 Å². The number of piperazine rings is 1. The molecule has 1 heterocycles. The van der Waals surface area contributed by atoms with Crippen LogP contribution in [0.1, 0.15) is 5.56 Å². The molecule has 1 aromatic carbocycles. The summed E-state index contributed by atoms with van der Waals surface area (Å²) in [5.41, 5.74) is 0.731. The van der Waals surface area contributed by atoms with Gasteiger partial charge < -0.3 is 10.6 Å². The number of likely N-dealkylation sites (N-methyl/N-ethyl adjacent to an activating group) is 1. The van der Waals surface area contributed by atoms with E-state index in [1.54, 1.807) is 25.2 Å². The van der Waals surface area contributed by atoms with Gasteiger partial charge in [-0.25, -0.2) is 0 Å². The molecule has 7 nitrogen and oxygen atoms in total. The van der Waals surface area contributed by atoms with E-state index >= 15 is 0 Å². The number of carbonyl (C=O) groups is 1. The Hall–Kier alpha value is -1.99. The van der Waals surface area contributed by atoms with Crippen molar-refractivity contribution < 1.29 is 9.72 Å². The second kappa shape index (κ2) is 6.44. The van der Waals surface area contributed by atoms with Crippen LogP contribution in [0.4, 0.5) is 5.69 Å². The van der Waals surface area contributed by atoms with Gasteiger partial charge in [0, 0.05) is 44.9 Å². The molecule has 1 aromatic rings. The highest BCUT2D eigenvalue weighted by atomic mass is 16.6. The van der Waals surface area contributed by atoms with Gasteiger partial charge in [0.1, 0.15) is 6.04 Å². The van der Waals surface area contributed by atoms with E-state index in [1.165, 1.54) is 6.07 Å². The number of para-hydroxylation sites is 1. The first-order chi connectivity index (χ1) is 9.63. The molecule has 108 valence electrons. The first-order valence-electron chi connectivity index (χ1n) is 6.52. The molecule has 0 saturated carbocycles. The minimum absolute atomic E-state index is 0.0733. The summed E-state index contributed by atoms with van der Waals surface area (Å²) in [5, 5.41) is 16.8. The van der Waals surface area contributed by atoms with Crippen molar-refractivity contribution in [3.05, 3.63) is 39.9 Å². The number of amides is 1. The summed E-state index contributed by atoms with van der Waals surface area (Å²) >= 11 is 0. The van der Waals surface area contributed by atoms with E-state index < -0.39 is 0 Å². The van der Waals surface area contributed by atoms with Crippen molar-refractivity contribution in [3.63, 3.8) is 0 Å². The van der Waals surface area contributed by atoms with E-state index in [0.717, 1.165) is 6.54 Å². The minimum atomic E-state index is -0.383. The second-order valence-electron chi connectivity index (χ2n) is 4.69. The number of hydrogen-bond donors (Lipinski definition) is 2. The molecule has 1 amide bonds. The Kier molecular flexibility index (Phi) is 4.65. The third-order valence-electron chi connectivity index (χ3n) is 3.47. The Bertz CT molecular complexity index is 506. The first kappa shape index (κ1) is 14.4. The fraction of sp³-hybridized carbons (Fsp3) is 0.462. The lowest BCUT2D eigenvalue weighted by Crippen LogP contribution is -2.56. The SMILES string of the molecule is CNC(=O)C1CNCCN1Cc1ccccc1[N+](=O)[O-]. The zero-order chi connectivity index (χ0) is 14.5. The first-order valence-corrected chi connectivity index (χ1v) is 6.52. The van der Waals surface area contributed by atoms with Crippen LogP contribution < -0.4 is 10.6 Å². The molecule has 7 heteroatoms. The maximum Gasteiger partial charge on any atom is 0.273 e. The van der Waals surface area contributed by atoms with Crippen LogP contribution in [-0.4, -0.2) is 48.5 Å². The Morgan fingerprint density at radius 1 is 1.55 bits per heavy atom. The molecule has 0 aliphatic carbocycles. The maximum absolute atomic E-state index is 11.9. The Morgan fingerprint density at radius 2 is 2.30 bits per heavy atom. The van der Waals surface area contributed by atoms with Gasteiger partial charge in [0.2, 0.25) is 5.91 Å². The smallest absolute Gasteiger partial charge is 0.273 e. The molecule has 1 saturated heterocycles. The quantitative estimate of drug-likeness (QED) is 0.603. The van der Waals surface area contributed by atoms with E-state index in [2.05, 4.69) is 10.6 Å². The van der Waals surface area contributed by atoms with Crippen LogP contribution in [-0.2, 0) is 11.3 Å². The molecular formula is C13H18N4O3. The topological polar surface area (TPSA) is 87.5 Å². The summed E-state index contributed by atoms with van der Waals surface area (Å²) < 4.78 is 0. The molecule has 2 rings (SSSR count). The number of nitrogens with zero attached hydrogens (tertiary/aromatic N) is 2. The van der Waals surface area contributed by atoms with E-state index in [4.69, 9.17) is 0 Å². The monoisotopic (exact) mass is 278 g/mol. The summed E-state index contributed by atoms with van der Waals surface area (Å²) in [5.74, 6) is -0.0733. The lowest BCUT2D eigenvalue weighted by molar-refractivity contribution is -0.385. The van der Waals surface area contributed by atoms with Gasteiger partial charge in [-0.15, -0.1) is 0 Å². The van der Waals surface area contributed by atoms with Crippen molar-refractivity contribution in [1.29, 1.82) is 0 Å². The number of rotatable bonds is 4. The third kappa shape index (κ3) is 3.12. The van der Waals surface area contributed by atoms with E-state index in [-0.39, 0.29) is 22.6 Å². The molecule has 1 aliphatic heterocycles. The predicted octanol–water partition coefficient (Wildman–Crippen LogP) is 0.115. The summed E-state index contributed by atoms with van der Waals surface area (Å²) in [7, 11) is 1.60. The van der Waals surface area contributed by atoms with Crippen LogP contribution >= 0.6 is 0 Å². The van der Waals surface area contributed by atoms with Crippen molar-refractivity contribution in [2.75, 3.05) is 26.7 Å². The number of benzene rings is 1. The number of nitro benzene ring substituents is 1. The molecule has 0 bridgehead atoms. The fourth-order valence-electron chi connectivity index (χ4n) is 2.40. The van der Waals surface area contributed by atoms with Crippen LogP contribution in [0.2, 0.25) is 0 Å². The van der Waals surface area contributed by atoms with Gasteiger partial charge in [0.05, 0.1) is 4.92 Å². The highest BCUT2D eigenvalue weighted by Crippen LogP contribution is 2.21. The highest BCUT2D eigenvalue weighted by molar-refractivity contribution is 5.81. The van der Waals surface area contributed by atoms with Crippen molar-refractivity contribution in [3.8, 4) is 0 Å². The van der Waals surface area contributed by atoms with Gasteiger partial charge in [-0.3, -0.25) is 19.8 Å². The van der Waals surface area contributed by atoms with Gasteiger partial charge in [-0.05, 0) is 0 Å². The molecule has 20 heavy (non-hydrogen) atoms. The average Bonchev–Trinajstić information content (AvgIpc) is 2.47. The minimum Gasteiger partial charge on any atom is -0.358 e. The third-order valence-corrected chi connectivity index (χ3v) is 3.47. The maximum atomic E-state index is 11.9. The molecule has 1 fully saturated rings. The van der Waals surface area contributed by atoms with Crippen LogP contribution in [0.25, 0.3) is 0 Å². The number of carbonyl (C=O) groups excluding carboxylic acids is 1. The second-order valence-corrected chi connectivity index (χ2v) is 4.69. The van der Waals surface area contributed by atoms with Crippen molar-refractivity contribution in [2.24, 2.45) is 0 Å². The Morgan fingerprint density at radius 3 is 3.00 bits per heavy atom. The van der Waals surface area contributed by atoms with Gasteiger partial charge in [-0.2, -0.15) is 0 Å². The molecule has 0 spiro atoms. The van der Waals surface area contributed by atoms with Gasteiger partial charge in [-0.1, -0.05) is 18.2 Å². The number of hydrogen-bond acceptors (Lipinski definition) is 5. The fourth-order valence-corrected chi connectivity index (χ4v) is 2.40. The summed E-state index contributed by atoms with van der Waals surface area (Å²) in [4.78, 5) is 24.5. The molecular weight excluding hydrogens is 260 g/mol. The number of nitro groups is 1. The van der Waals surface area contributed by atoms with Gasteiger partial charge >= 0.3 is 0 Å². The molecule has 0 radical (unpaired) electrons. The zero-order valence-corrected chi connectivity index (χ0v) is 11.3. The van der Waals surface area contributed by atoms with E-state index in [0.29, 0.717) is 25.2 Å². The molecule has 1 unspecified atom stereocenters. The Labute approximate surface area is 117 Å². The zero-order valence-electron chi connectivity index (χ0n) is 11.3. The van der Waals surface area contributed by atoms with Gasteiger partial charge in [0.15, 0.2) is 0 Å². The average molecular weight is 278 g/mol. The van der Waals surface area contributed by atoms with Gasteiger partial charge in [0.25, 0.3) is 5.69 Å². The Balaban J connectivity index is 2.19. The lowest BCUT2D eigenvalue weighted by Gasteiger charge is -2.34. The van der Waals surface area contributed by atoms with Crippen LogP contribution in [0.5, 0.6) is 0 Å². The molecule has 0 aromatic heterocycles. The number of nitrogens with one attached hydrogen (secondary N) is 2. The van der Waals surface area contributed by atoms with Crippen molar-refractivity contribution >= 4 is 11.6 Å². The standard InChI is InChI=1S/C13H18N4O3/c1-14-13(18)12-8-15-6-7-16(12)9-10-4-2-3-5-11(10)17(19)20/h2-5,12,15H,6-9H2,1H3,(H,14,18). The normalized spacial score (nSPS) is 19.6. The largest absolute Gasteiger partial charge is 0.358 e. The van der Waals surface area contributed by atoms with E-state index in [1.807, 2.05) is 4.90 Å². The summed E-state index contributed by atoms with van der Waals surface area (Å²) in [6.45, 7) is 2.41. The molecule has 2 N–H and O–H groups in total. The molecule has 1 aliphatic rings. The van der Waals surface area contributed by atoms with Crippen LogP contribution in [0.15, 0.2) is 24.3 Å². The van der Waals surface area contributed by atoms with E-state index in [9.17, 15) is 14.9 Å². The summed E-state index contributed by atoms with van der Waals surface area (Å²) in [6, 6.07) is 6.36. The van der Waals surface area contributed by atoms with Crippen molar-refractivity contribution in [1.82, 2.24) is 15.5 Å². The lowest BCUT2D eigenvalue weighted by atomic mass is 10.1. The highest BCUT2D eigenvalue weighted by Gasteiger charge is 2.29. The predicted molar refractivity (Wildman–Crippen MR) is 74.2 cm³/mol. The summed E-state index contributed by atoms with van der Waals surface area (Å²) in [6.07, 6.45) is 0. The van der Waals surface area contributed by atoms with Crippen LogP contribution in [0.3, 0.4) is 0 Å².